The molecule has 0 heterocycles. The highest BCUT2D eigenvalue weighted by Crippen LogP contribution is 2.21. The number of non-ortho nitro benzene ring substituents is 1. The Morgan fingerprint density at radius 2 is 1.63 bits per heavy atom. The molecule has 0 aliphatic rings. The van der Waals surface area contributed by atoms with Crippen molar-refractivity contribution in [1.82, 2.24) is 10.2 Å². The van der Waals surface area contributed by atoms with E-state index in [9.17, 15) is 19.7 Å². The summed E-state index contributed by atoms with van der Waals surface area (Å²) < 4.78 is 0. The molecule has 1 unspecified atom stereocenters. The fourth-order valence-corrected chi connectivity index (χ4v) is 4.98. The lowest BCUT2D eigenvalue weighted by molar-refractivity contribution is -0.384. The smallest absolute Gasteiger partial charge is 0.269 e. The third-order valence-electron chi connectivity index (χ3n) is 5.65. The van der Waals surface area contributed by atoms with E-state index in [1.165, 1.54) is 23.9 Å². The Morgan fingerprint density at radius 1 is 0.974 bits per heavy atom. The molecule has 0 saturated heterocycles. The van der Waals surface area contributed by atoms with E-state index in [-0.39, 0.29) is 29.8 Å². The second-order valence-corrected chi connectivity index (χ2v) is 11.4. The van der Waals surface area contributed by atoms with Gasteiger partial charge in [-0.15, -0.1) is 11.8 Å². The average molecular weight is 554 g/mol. The quantitative estimate of drug-likeness (QED) is 0.231. The van der Waals surface area contributed by atoms with Crippen LogP contribution in [0, 0.1) is 10.1 Å². The Labute approximate surface area is 232 Å². The number of nitro groups is 1. The molecule has 0 radical (unpaired) electrons. The Bertz CT molecular complexity index is 1250. The number of nitrogens with one attached hydrogen (secondary N) is 1. The first-order chi connectivity index (χ1) is 18.0. The Kier molecular flexibility index (Phi) is 10.3. The number of nitrogens with zero attached hydrogens (tertiary/aromatic N) is 2. The topological polar surface area (TPSA) is 92.6 Å². The Balaban J connectivity index is 1.84. The molecule has 1 N–H and O–H groups in total. The van der Waals surface area contributed by atoms with Crippen molar-refractivity contribution in [3.8, 4) is 0 Å². The molecular weight excluding hydrogens is 522 g/mol. The summed E-state index contributed by atoms with van der Waals surface area (Å²) >= 11 is 7.62. The predicted molar refractivity (Wildman–Crippen MR) is 153 cm³/mol. The van der Waals surface area contributed by atoms with Crippen molar-refractivity contribution < 1.29 is 14.5 Å². The van der Waals surface area contributed by atoms with Crippen LogP contribution in [0.3, 0.4) is 0 Å². The van der Waals surface area contributed by atoms with Crippen molar-refractivity contribution in [2.24, 2.45) is 0 Å². The lowest BCUT2D eigenvalue weighted by Crippen LogP contribution is -2.54. The van der Waals surface area contributed by atoms with Crippen LogP contribution in [0.4, 0.5) is 5.69 Å². The molecule has 0 spiro atoms. The zero-order valence-electron chi connectivity index (χ0n) is 21.7. The molecule has 7 nitrogen and oxygen atoms in total. The van der Waals surface area contributed by atoms with E-state index >= 15 is 0 Å². The van der Waals surface area contributed by atoms with Crippen LogP contribution in [0.5, 0.6) is 0 Å². The zero-order valence-corrected chi connectivity index (χ0v) is 23.3. The van der Waals surface area contributed by atoms with E-state index in [1.807, 2.05) is 63.2 Å². The van der Waals surface area contributed by atoms with Crippen molar-refractivity contribution in [1.29, 1.82) is 0 Å². The van der Waals surface area contributed by atoms with Crippen molar-refractivity contribution in [3.05, 3.63) is 111 Å². The number of hydrogen-bond acceptors (Lipinski definition) is 5. The van der Waals surface area contributed by atoms with E-state index in [1.54, 1.807) is 29.2 Å². The van der Waals surface area contributed by atoms with Crippen LogP contribution in [0.25, 0.3) is 0 Å². The van der Waals surface area contributed by atoms with Gasteiger partial charge in [0, 0.05) is 41.4 Å². The van der Waals surface area contributed by atoms with Crippen LogP contribution >= 0.6 is 23.4 Å². The largest absolute Gasteiger partial charge is 0.350 e. The van der Waals surface area contributed by atoms with Crippen LogP contribution in [-0.4, -0.2) is 39.0 Å². The molecule has 0 aliphatic carbocycles. The molecular formula is C29H32ClN3O4S. The summed E-state index contributed by atoms with van der Waals surface area (Å²) in [4.78, 5) is 39.3. The molecule has 9 heteroatoms. The minimum absolute atomic E-state index is 0.0242. The van der Waals surface area contributed by atoms with Crippen molar-refractivity contribution in [2.45, 2.75) is 51.1 Å². The number of carbonyl (C=O) groups excluding carboxylic acids is 2. The van der Waals surface area contributed by atoms with Gasteiger partial charge in [0.05, 0.1) is 10.7 Å². The van der Waals surface area contributed by atoms with Crippen molar-refractivity contribution >= 4 is 40.9 Å². The summed E-state index contributed by atoms with van der Waals surface area (Å²) in [6, 6.07) is 22.5. The van der Waals surface area contributed by atoms with E-state index in [0.29, 0.717) is 17.2 Å². The monoisotopic (exact) mass is 553 g/mol. The second-order valence-electron chi connectivity index (χ2n) is 10.0. The molecule has 3 aromatic rings. The molecule has 38 heavy (non-hydrogen) atoms. The first kappa shape index (κ1) is 29.2. The standard InChI is InChI=1S/C29H32ClN3O4S/c1-29(2,3)31-28(35)26(17-21-8-5-4-6-9-21)32(18-23-10-7-11-24(30)16-23)27(34)20-38-19-22-12-14-25(15-13-22)33(36)37/h4-16,26H,17-20H2,1-3H3,(H,31,35). The summed E-state index contributed by atoms with van der Waals surface area (Å²) in [6.45, 7) is 5.96. The fourth-order valence-electron chi connectivity index (χ4n) is 3.89. The third kappa shape index (κ3) is 9.19. The van der Waals surface area contributed by atoms with Crippen LogP contribution in [0.2, 0.25) is 5.02 Å². The number of benzene rings is 3. The molecule has 200 valence electrons. The Morgan fingerprint density at radius 3 is 2.24 bits per heavy atom. The lowest BCUT2D eigenvalue weighted by atomic mass is 10.0. The number of halogens is 1. The molecule has 2 amide bonds. The normalized spacial score (nSPS) is 12.0. The SMILES string of the molecule is CC(C)(C)NC(=O)C(Cc1ccccc1)N(Cc1cccc(Cl)c1)C(=O)CSCc1ccc([N+](=O)[O-])cc1. The minimum atomic E-state index is -0.733. The molecule has 0 bridgehead atoms. The van der Waals surface area contributed by atoms with Crippen LogP contribution in [0.15, 0.2) is 78.9 Å². The maximum absolute atomic E-state index is 13.7. The van der Waals surface area contributed by atoms with E-state index < -0.39 is 16.5 Å². The maximum Gasteiger partial charge on any atom is 0.269 e. The second kappa shape index (κ2) is 13.4. The fraction of sp³-hybridized carbons (Fsp3) is 0.310. The molecule has 3 rings (SSSR count). The van der Waals surface area contributed by atoms with Gasteiger partial charge in [0.2, 0.25) is 11.8 Å². The van der Waals surface area contributed by atoms with Gasteiger partial charge in [-0.1, -0.05) is 66.2 Å². The molecule has 0 fully saturated rings. The summed E-state index contributed by atoms with van der Waals surface area (Å²) in [5, 5.41) is 14.5. The molecule has 0 aromatic heterocycles. The van der Waals surface area contributed by atoms with Crippen LogP contribution in [0.1, 0.15) is 37.5 Å². The average Bonchev–Trinajstić information content (AvgIpc) is 2.86. The first-order valence-corrected chi connectivity index (χ1v) is 13.8. The molecule has 0 aliphatic heterocycles. The molecule has 0 saturated carbocycles. The van der Waals surface area contributed by atoms with Gasteiger partial charge >= 0.3 is 0 Å². The highest BCUT2D eigenvalue weighted by atomic mass is 35.5. The van der Waals surface area contributed by atoms with Crippen molar-refractivity contribution in [3.63, 3.8) is 0 Å². The van der Waals surface area contributed by atoms with Crippen LogP contribution in [-0.2, 0) is 28.3 Å². The van der Waals surface area contributed by atoms with E-state index in [0.717, 1.165) is 16.7 Å². The maximum atomic E-state index is 13.7. The van der Waals surface area contributed by atoms with Gasteiger partial charge < -0.3 is 10.2 Å². The summed E-state index contributed by atoms with van der Waals surface area (Å²) in [6.07, 6.45) is 0.363. The predicted octanol–water partition coefficient (Wildman–Crippen LogP) is 6.04. The van der Waals surface area contributed by atoms with Gasteiger partial charge in [0.1, 0.15) is 6.04 Å². The van der Waals surface area contributed by atoms with Gasteiger partial charge in [-0.05, 0) is 49.6 Å². The minimum Gasteiger partial charge on any atom is -0.350 e. The van der Waals surface area contributed by atoms with E-state index in [2.05, 4.69) is 5.32 Å². The number of thioether (sulfide) groups is 1. The molecule has 3 aromatic carbocycles. The zero-order chi connectivity index (χ0) is 27.7. The number of nitro benzene ring substituents is 1. The van der Waals surface area contributed by atoms with Gasteiger partial charge in [0.15, 0.2) is 0 Å². The highest BCUT2D eigenvalue weighted by molar-refractivity contribution is 7.99. The highest BCUT2D eigenvalue weighted by Gasteiger charge is 2.32. The number of rotatable bonds is 11. The molecule has 1 atom stereocenters. The van der Waals surface area contributed by atoms with Gasteiger partial charge in [-0.2, -0.15) is 0 Å². The van der Waals surface area contributed by atoms with E-state index in [4.69, 9.17) is 11.6 Å². The summed E-state index contributed by atoms with van der Waals surface area (Å²) in [7, 11) is 0. The first-order valence-electron chi connectivity index (χ1n) is 12.2. The van der Waals surface area contributed by atoms with Gasteiger partial charge in [-0.3, -0.25) is 19.7 Å². The van der Waals surface area contributed by atoms with Gasteiger partial charge in [0.25, 0.3) is 5.69 Å². The number of amides is 2. The summed E-state index contributed by atoms with van der Waals surface area (Å²) in [5.41, 5.74) is 2.20. The third-order valence-corrected chi connectivity index (χ3v) is 6.88. The van der Waals surface area contributed by atoms with Crippen molar-refractivity contribution in [2.75, 3.05) is 5.75 Å². The lowest BCUT2D eigenvalue weighted by Gasteiger charge is -2.34. The van der Waals surface area contributed by atoms with Gasteiger partial charge in [-0.25, -0.2) is 0 Å². The number of carbonyl (C=O) groups is 2. The van der Waals surface area contributed by atoms with Crippen LogP contribution < -0.4 is 5.32 Å². The number of hydrogen-bond donors (Lipinski definition) is 1. The summed E-state index contributed by atoms with van der Waals surface area (Å²) in [5.74, 6) is 0.247. The Hall–Kier alpha value is -3.36.